The summed E-state index contributed by atoms with van der Waals surface area (Å²) < 4.78 is 31.8. The van der Waals surface area contributed by atoms with Gasteiger partial charge in [-0.25, -0.2) is 5.84 Å². The van der Waals surface area contributed by atoms with E-state index in [0.717, 1.165) is 11.5 Å². The zero-order valence-electron chi connectivity index (χ0n) is 9.01. The van der Waals surface area contributed by atoms with Crippen LogP contribution >= 0.6 is 22.9 Å². The molecule has 13 heteroatoms. The van der Waals surface area contributed by atoms with Gasteiger partial charge in [0.2, 0.25) is 10.2 Å². The Kier molecular flexibility index (Phi) is 2.81. The quantitative estimate of drug-likeness (QED) is 0.441. The lowest BCUT2D eigenvalue weighted by molar-refractivity contribution is 0.597. The first-order chi connectivity index (χ1) is 9.12. The molecule has 0 bridgehead atoms. The summed E-state index contributed by atoms with van der Waals surface area (Å²) in [6.07, 6.45) is 1.58. The van der Waals surface area contributed by atoms with Crippen molar-refractivity contribution in [3.05, 3.63) is 11.6 Å². The first kappa shape index (κ1) is 12.2. The fraction of sp³-hybridized carbons (Fsp3) is 0. The van der Waals surface area contributed by atoms with Gasteiger partial charge in [0.15, 0.2) is 10.8 Å². The number of hydrazine groups is 1. The van der Waals surface area contributed by atoms with Gasteiger partial charge in [-0.3, -0.25) is 9.12 Å². The van der Waals surface area contributed by atoms with Crippen molar-refractivity contribution in [1.29, 1.82) is 0 Å². The maximum Gasteiger partial charge on any atom is 0.283 e. The van der Waals surface area contributed by atoms with E-state index in [4.69, 9.17) is 5.84 Å². The van der Waals surface area contributed by atoms with Gasteiger partial charge in [0.05, 0.1) is 0 Å². The molecule has 10 nitrogen and oxygen atoms in total. The van der Waals surface area contributed by atoms with Crippen LogP contribution < -0.4 is 16.0 Å². The van der Waals surface area contributed by atoms with Gasteiger partial charge < -0.3 is 5.43 Å². The molecule has 3 heterocycles. The van der Waals surface area contributed by atoms with E-state index in [1.165, 1.54) is 15.7 Å². The first-order valence-electron chi connectivity index (χ1n) is 4.72. The lowest BCUT2D eigenvalue weighted by atomic mass is 10.7. The molecule has 0 unspecified atom stereocenters. The number of hydrogen-bond donors (Lipinski definition) is 3. The van der Waals surface area contributed by atoms with Crippen molar-refractivity contribution in [3.8, 4) is 0 Å². The number of anilines is 2. The third kappa shape index (κ3) is 2.01. The largest absolute Gasteiger partial charge is 0.306 e. The fourth-order valence-corrected chi connectivity index (χ4v) is 4.06. The summed E-state index contributed by atoms with van der Waals surface area (Å²) in [7, 11) is -3.90. The van der Waals surface area contributed by atoms with Crippen LogP contribution in [0.1, 0.15) is 0 Å². The van der Waals surface area contributed by atoms with Gasteiger partial charge in [-0.1, -0.05) is 9.59 Å². The third-order valence-electron chi connectivity index (χ3n) is 2.13. The molecule has 0 saturated carbocycles. The van der Waals surface area contributed by atoms with Crippen LogP contribution in [0.3, 0.4) is 0 Å². The summed E-state index contributed by atoms with van der Waals surface area (Å²) in [6.45, 7) is 0. The summed E-state index contributed by atoms with van der Waals surface area (Å²) in [5.74, 6) is 5.35. The Morgan fingerprint density at radius 1 is 1.42 bits per heavy atom. The van der Waals surface area contributed by atoms with Crippen LogP contribution in [0.25, 0.3) is 4.96 Å². The molecule has 0 fully saturated rings. The van der Waals surface area contributed by atoms with Crippen LogP contribution in [0.2, 0.25) is 0 Å². The molecular formula is C6H6N8O2S3. The van der Waals surface area contributed by atoms with Crippen LogP contribution in [0, 0.1) is 0 Å². The van der Waals surface area contributed by atoms with Crippen molar-refractivity contribution < 1.29 is 8.42 Å². The Morgan fingerprint density at radius 2 is 2.26 bits per heavy atom. The van der Waals surface area contributed by atoms with Crippen molar-refractivity contribution in [2.45, 2.75) is 5.03 Å². The zero-order chi connectivity index (χ0) is 13.5. The third-order valence-corrected chi connectivity index (χ3v) is 4.89. The molecule has 0 saturated heterocycles. The fourth-order valence-electron chi connectivity index (χ4n) is 1.45. The van der Waals surface area contributed by atoms with E-state index in [1.807, 2.05) is 0 Å². The van der Waals surface area contributed by atoms with Gasteiger partial charge in [0, 0.05) is 23.1 Å². The van der Waals surface area contributed by atoms with Crippen LogP contribution in [-0.2, 0) is 10.0 Å². The molecule has 0 radical (unpaired) electrons. The van der Waals surface area contributed by atoms with E-state index in [9.17, 15) is 8.42 Å². The average Bonchev–Trinajstić information content (AvgIpc) is 3.01. The molecule has 4 N–H and O–H groups in total. The van der Waals surface area contributed by atoms with Gasteiger partial charge in [-0.15, -0.1) is 11.3 Å². The number of aromatic nitrogens is 5. The summed E-state index contributed by atoms with van der Waals surface area (Å²) in [6, 6.07) is 0. The van der Waals surface area contributed by atoms with Crippen molar-refractivity contribution >= 4 is 48.8 Å². The van der Waals surface area contributed by atoms with E-state index in [2.05, 4.69) is 29.9 Å². The van der Waals surface area contributed by atoms with Gasteiger partial charge in [-0.05, 0) is 5.21 Å². The molecule has 0 aliphatic carbocycles. The standard InChI is InChI=1S/C6H6N8O2S3/c7-9-3-4(14-1-2-17-6(14)8-3)19(15,16)11-5-10-12-13-18-5/h1-2,9H,7H2,(H,10,11,13). The summed E-state index contributed by atoms with van der Waals surface area (Å²) >= 11 is 2.11. The molecule has 0 spiro atoms. The van der Waals surface area contributed by atoms with Crippen LogP contribution in [0.4, 0.5) is 10.9 Å². The molecule has 3 aromatic rings. The molecule has 0 aliphatic heterocycles. The van der Waals surface area contributed by atoms with E-state index in [1.54, 1.807) is 11.6 Å². The van der Waals surface area contributed by atoms with Gasteiger partial charge in [0.25, 0.3) is 10.0 Å². The number of nitrogen functional groups attached to an aromatic ring is 1. The summed E-state index contributed by atoms with van der Waals surface area (Å²) in [5.41, 5.74) is 2.26. The average molecular weight is 318 g/mol. The summed E-state index contributed by atoms with van der Waals surface area (Å²) in [5, 5.41) is 8.52. The predicted octanol–water partition coefficient (Wildman–Crippen LogP) is -0.271. The minimum Gasteiger partial charge on any atom is -0.306 e. The Morgan fingerprint density at radius 3 is 2.95 bits per heavy atom. The zero-order valence-corrected chi connectivity index (χ0v) is 11.5. The highest BCUT2D eigenvalue weighted by Gasteiger charge is 2.26. The highest BCUT2D eigenvalue weighted by Crippen LogP contribution is 2.26. The Labute approximate surface area is 114 Å². The number of thiazole rings is 1. The minimum absolute atomic E-state index is 0.0526. The molecular weight excluding hydrogens is 312 g/mol. The number of sulfonamides is 1. The van der Waals surface area contributed by atoms with E-state index < -0.39 is 10.0 Å². The normalized spacial score (nSPS) is 11.8. The molecule has 19 heavy (non-hydrogen) atoms. The number of nitrogens with two attached hydrogens (primary N) is 1. The second kappa shape index (κ2) is 4.37. The topological polar surface area (TPSA) is 140 Å². The molecule has 100 valence electrons. The number of imidazole rings is 1. The number of nitrogens with one attached hydrogen (secondary N) is 2. The monoisotopic (exact) mass is 318 g/mol. The number of fused-ring (bicyclic) bond motifs is 1. The highest BCUT2D eigenvalue weighted by atomic mass is 32.2. The molecule has 0 atom stereocenters. The van der Waals surface area contributed by atoms with E-state index in [-0.39, 0.29) is 16.0 Å². The van der Waals surface area contributed by atoms with Crippen molar-refractivity contribution in [2.75, 3.05) is 10.1 Å². The number of nitrogens with zero attached hydrogens (tertiary/aromatic N) is 5. The Bertz CT molecular complexity index is 803. The smallest absolute Gasteiger partial charge is 0.283 e. The predicted molar refractivity (Wildman–Crippen MR) is 69.4 cm³/mol. The highest BCUT2D eigenvalue weighted by molar-refractivity contribution is 7.93. The molecule has 3 rings (SSSR count). The van der Waals surface area contributed by atoms with Gasteiger partial charge in [-0.2, -0.15) is 13.4 Å². The van der Waals surface area contributed by atoms with E-state index >= 15 is 0 Å². The van der Waals surface area contributed by atoms with Gasteiger partial charge in [0.1, 0.15) is 0 Å². The lowest BCUT2D eigenvalue weighted by Gasteiger charge is -2.05. The molecule has 3 aromatic heterocycles. The summed E-state index contributed by atoms with van der Waals surface area (Å²) in [4.78, 5) is 4.57. The van der Waals surface area contributed by atoms with Crippen LogP contribution in [0.15, 0.2) is 16.6 Å². The van der Waals surface area contributed by atoms with Gasteiger partial charge >= 0.3 is 0 Å². The second-order valence-corrected chi connectivity index (χ2v) is 6.44. The number of rotatable bonds is 4. The molecule has 0 amide bonds. The minimum atomic E-state index is -3.90. The van der Waals surface area contributed by atoms with Crippen LogP contribution in [-0.4, -0.2) is 32.6 Å². The molecule has 0 aromatic carbocycles. The van der Waals surface area contributed by atoms with Crippen LogP contribution in [0.5, 0.6) is 0 Å². The van der Waals surface area contributed by atoms with Crippen molar-refractivity contribution in [1.82, 2.24) is 24.2 Å². The molecule has 0 aliphatic rings. The van der Waals surface area contributed by atoms with E-state index in [0.29, 0.717) is 4.96 Å². The second-order valence-electron chi connectivity index (χ2n) is 3.24. The maximum absolute atomic E-state index is 12.3. The van der Waals surface area contributed by atoms with Crippen molar-refractivity contribution in [3.63, 3.8) is 0 Å². The first-order valence-corrected chi connectivity index (χ1v) is 7.85. The Hall–Kier alpha value is -1.83. The lowest BCUT2D eigenvalue weighted by Crippen LogP contribution is -2.18. The SMILES string of the molecule is NNc1nc2sccn2c1S(=O)(=O)Nc1nnns1. The Balaban J connectivity index is 2.14. The van der Waals surface area contributed by atoms with Crippen molar-refractivity contribution in [2.24, 2.45) is 5.84 Å². The maximum atomic E-state index is 12.3. The number of hydrogen-bond acceptors (Lipinski definition) is 10.